The third-order valence-corrected chi connectivity index (χ3v) is 5.79. The van der Waals surface area contributed by atoms with Crippen LogP contribution in [0.2, 0.25) is 0 Å². The zero-order valence-corrected chi connectivity index (χ0v) is 16.0. The van der Waals surface area contributed by atoms with E-state index in [1.165, 1.54) is 4.57 Å². The first-order valence-corrected chi connectivity index (χ1v) is 9.93. The highest BCUT2D eigenvalue weighted by Gasteiger charge is 2.26. The summed E-state index contributed by atoms with van der Waals surface area (Å²) in [5, 5.41) is 0. The van der Waals surface area contributed by atoms with Crippen molar-refractivity contribution in [3.63, 3.8) is 0 Å². The molecule has 0 bridgehead atoms. The minimum atomic E-state index is -0.591. The third kappa shape index (κ3) is 3.03. The number of para-hydroxylation sites is 1. The topological polar surface area (TPSA) is 75.8 Å². The number of oxazole rings is 1. The number of nitrogens with zero attached hydrogens (tertiary/aromatic N) is 3. The van der Waals surface area contributed by atoms with Crippen molar-refractivity contribution in [2.24, 2.45) is 0 Å². The lowest BCUT2D eigenvalue weighted by Crippen LogP contribution is -2.34. The van der Waals surface area contributed by atoms with Gasteiger partial charge in [-0.05, 0) is 49.1 Å². The van der Waals surface area contributed by atoms with Gasteiger partial charge in [0.15, 0.2) is 5.58 Å². The summed E-state index contributed by atoms with van der Waals surface area (Å²) < 4.78 is 6.62. The van der Waals surface area contributed by atoms with E-state index in [2.05, 4.69) is 0 Å². The molecule has 2 aromatic carbocycles. The fourth-order valence-electron chi connectivity index (χ4n) is 4.27. The lowest BCUT2D eigenvalue weighted by atomic mass is 10.2. The quantitative estimate of drug-likeness (QED) is 0.687. The number of rotatable bonds is 3. The van der Waals surface area contributed by atoms with Crippen LogP contribution in [0.4, 0.5) is 5.69 Å². The Balaban J connectivity index is 1.46. The number of fused-ring (bicyclic) bond motifs is 2. The van der Waals surface area contributed by atoms with Gasteiger partial charge < -0.3 is 14.2 Å². The highest BCUT2D eigenvalue weighted by molar-refractivity contribution is 5.98. The van der Waals surface area contributed by atoms with Crippen LogP contribution in [-0.4, -0.2) is 40.9 Å². The molecule has 0 N–H and O–H groups in total. The zero-order valence-electron chi connectivity index (χ0n) is 16.0. The van der Waals surface area contributed by atoms with E-state index < -0.39 is 5.76 Å². The monoisotopic (exact) mass is 391 g/mol. The van der Waals surface area contributed by atoms with Crippen molar-refractivity contribution < 1.29 is 14.0 Å². The van der Waals surface area contributed by atoms with Crippen molar-refractivity contribution in [1.82, 2.24) is 9.47 Å². The molecule has 0 radical (unpaired) electrons. The summed E-state index contributed by atoms with van der Waals surface area (Å²) in [5.74, 6) is -0.813. The van der Waals surface area contributed by atoms with E-state index in [0.717, 1.165) is 43.6 Å². The third-order valence-electron chi connectivity index (χ3n) is 5.79. The molecule has 2 aliphatic heterocycles. The maximum Gasteiger partial charge on any atom is 0.420 e. The number of carbonyl (C=O) groups excluding carboxylic acids is 2. The number of carbonyl (C=O) groups is 2. The summed E-state index contributed by atoms with van der Waals surface area (Å²) in [6.07, 6.45) is 2.82. The highest BCUT2D eigenvalue weighted by atomic mass is 16.4. The second-order valence-electron chi connectivity index (χ2n) is 7.56. The Kier molecular flexibility index (Phi) is 4.23. The molecule has 0 saturated carbocycles. The average molecular weight is 391 g/mol. The van der Waals surface area contributed by atoms with Crippen molar-refractivity contribution >= 4 is 28.6 Å². The number of amides is 2. The van der Waals surface area contributed by atoms with E-state index >= 15 is 0 Å². The zero-order chi connectivity index (χ0) is 20.0. The van der Waals surface area contributed by atoms with E-state index in [0.29, 0.717) is 23.2 Å². The predicted octanol–water partition coefficient (Wildman–Crippen LogP) is 2.42. The molecule has 0 spiro atoms. The number of anilines is 1. The Morgan fingerprint density at radius 3 is 2.62 bits per heavy atom. The molecule has 1 saturated heterocycles. The molecule has 148 valence electrons. The van der Waals surface area contributed by atoms with Gasteiger partial charge in [0.1, 0.15) is 6.54 Å². The van der Waals surface area contributed by atoms with Gasteiger partial charge in [-0.25, -0.2) is 4.79 Å². The van der Waals surface area contributed by atoms with E-state index in [9.17, 15) is 14.4 Å². The van der Waals surface area contributed by atoms with Crippen LogP contribution in [0.3, 0.4) is 0 Å². The van der Waals surface area contributed by atoms with Gasteiger partial charge >= 0.3 is 5.76 Å². The van der Waals surface area contributed by atoms with Gasteiger partial charge in [-0.1, -0.05) is 18.2 Å². The van der Waals surface area contributed by atoms with Gasteiger partial charge in [0.05, 0.1) is 5.52 Å². The van der Waals surface area contributed by atoms with Crippen molar-refractivity contribution in [2.75, 3.05) is 24.5 Å². The van der Waals surface area contributed by atoms with Crippen LogP contribution in [0.15, 0.2) is 51.7 Å². The van der Waals surface area contributed by atoms with Gasteiger partial charge in [0.25, 0.3) is 5.91 Å². The summed E-state index contributed by atoms with van der Waals surface area (Å²) in [5.41, 5.74) is 3.38. The van der Waals surface area contributed by atoms with Gasteiger partial charge in [0.2, 0.25) is 5.91 Å². The average Bonchev–Trinajstić information content (AvgIpc) is 3.46. The van der Waals surface area contributed by atoms with Crippen molar-refractivity contribution in [3.05, 3.63) is 64.1 Å². The molecule has 5 rings (SSSR count). The van der Waals surface area contributed by atoms with Crippen LogP contribution in [0.1, 0.15) is 28.8 Å². The fourth-order valence-corrected chi connectivity index (χ4v) is 4.27. The van der Waals surface area contributed by atoms with Crippen LogP contribution < -0.4 is 10.7 Å². The molecule has 7 heteroatoms. The molecule has 0 atom stereocenters. The Labute approximate surface area is 167 Å². The minimum absolute atomic E-state index is 0.0515. The van der Waals surface area contributed by atoms with E-state index in [4.69, 9.17) is 4.42 Å². The summed E-state index contributed by atoms with van der Waals surface area (Å²) in [6, 6.07) is 12.8. The predicted molar refractivity (Wildman–Crippen MR) is 108 cm³/mol. The Bertz CT molecular complexity index is 1170. The van der Waals surface area contributed by atoms with E-state index in [1.807, 2.05) is 29.2 Å². The maximum absolute atomic E-state index is 12.9. The highest BCUT2D eigenvalue weighted by Crippen LogP contribution is 2.28. The molecular formula is C22H21N3O4. The maximum atomic E-state index is 12.9. The van der Waals surface area contributed by atoms with Crippen molar-refractivity contribution in [1.29, 1.82) is 0 Å². The van der Waals surface area contributed by atoms with Gasteiger partial charge in [-0.3, -0.25) is 14.2 Å². The molecule has 3 aromatic rings. The summed E-state index contributed by atoms with van der Waals surface area (Å²) >= 11 is 0. The molecule has 1 aromatic heterocycles. The standard InChI is InChI=1S/C22H21N3O4/c26-20(24-12-9-15-5-1-2-6-17(15)24)14-25-18-13-16(7-8-19(18)29-22(25)28)21(27)23-10-3-4-11-23/h1-2,5-8,13H,3-4,9-12,14H2. The van der Waals surface area contributed by atoms with Gasteiger partial charge in [-0.15, -0.1) is 0 Å². The first-order valence-electron chi connectivity index (χ1n) is 9.93. The molecule has 0 unspecified atom stereocenters. The van der Waals surface area contributed by atoms with Gasteiger partial charge in [-0.2, -0.15) is 0 Å². The Morgan fingerprint density at radius 2 is 1.79 bits per heavy atom. The fraction of sp³-hybridized carbons (Fsp3) is 0.318. The second-order valence-corrected chi connectivity index (χ2v) is 7.56. The molecule has 0 aliphatic carbocycles. The van der Waals surface area contributed by atoms with Crippen LogP contribution in [-0.2, 0) is 17.8 Å². The molecule has 2 amide bonds. The van der Waals surface area contributed by atoms with Gasteiger partial charge in [0, 0.05) is 30.9 Å². The minimum Gasteiger partial charge on any atom is -0.408 e. The van der Waals surface area contributed by atoms with Crippen LogP contribution in [0.25, 0.3) is 11.1 Å². The first kappa shape index (κ1) is 17.7. The lowest BCUT2D eigenvalue weighted by Gasteiger charge is -2.17. The smallest absolute Gasteiger partial charge is 0.408 e. The second kappa shape index (κ2) is 6.92. The molecule has 1 fully saturated rings. The summed E-state index contributed by atoms with van der Waals surface area (Å²) in [4.78, 5) is 41.6. The molecule has 3 heterocycles. The van der Waals surface area contributed by atoms with Crippen LogP contribution in [0, 0.1) is 0 Å². The molecular weight excluding hydrogens is 370 g/mol. The largest absolute Gasteiger partial charge is 0.420 e. The first-order chi connectivity index (χ1) is 14.1. The molecule has 29 heavy (non-hydrogen) atoms. The number of benzene rings is 2. The Morgan fingerprint density at radius 1 is 1.00 bits per heavy atom. The summed E-state index contributed by atoms with van der Waals surface area (Å²) in [6.45, 7) is 1.98. The normalized spacial score (nSPS) is 15.9. The SMILES string of the molecule is O=C(c1ccc2oc(=O)n(CC(=O)N3CCc4ccccc43)c2c1)N1CCCC1. The number of aromatic nitrogens is 1. The van der Waals surface area contributed by atoms with Crippen LogP contribution in [0.5, 0.6) is 0 Å². The number of hydrogen-bond acceptors (Lipinski definition) is 4. The van der Waals surface area contributed by atoms with E-state index in [-0.39, 0.29) is 18.4 Å². The number of hydrogen-bond donors (Lipinski definition) is 0. The van der Waals surface area contributed by atoms with Crippen molar-refractivity contribution in [3.8, 4) is 0 Å². The summed E-state index contributed by atoms with van der Waals surface area (Å²) in [7, 11) is 0. The lowest BCUT2D eigenvalue weighted by molar-refractivity contribution is -0.119. The van der Waals surface area contributed by atoms with E-state index in [1.54, 1.807) is 23.1 Å². The Hall–Kier alpha value is -3.35. The molecule has 2 aliphatic rings. The van der Waals surface area contributed by atoms with Crippen molar-refractivity contribution in [2.45, 2.75) is 25.8 Å². The molecule has 7 nitrogen and oxygen atoms in total. The number of likely N-dealkylation sites (tertiary alicyclic amines) is 1. The van der Waals surface area contributed by atoms with Crippen LogP contribution >= 0.6 is 0 Å².